The summed E-state index contributed by atoms with van der Waals surface area (Å²) in [6.45, 7) is 0. The minimum absolute atomic E-state index is 0.260. The Morgan fingerprint density at radius 1 is 0.941 bits per heavy atom. The first-order chi connectivity index (χ1) is 8.25. The summed E-state index contributed by atoms with van der Waals surface area (Å²) >= 11 is 0. The molecular formula is C14H21O2P. The highest BCUT2D eigenvalue weighted by Gasteiger charge is 2.14. The molecule has 0 spiro atoms. The van der Waals surface area contributed by atoms with Gasteiger partial charge in [0.2, 0.25) is 0 Å². The Morgan fingerprint density at radius 2 is 1.59 bits per heavy atom. The van der Waals surface area contributed by atoms with Crippen molar-refractivity contribution in [2.45, 2.75) is 50.6 Å². The molecule has 1 aliphatic rings. The summed E-state index contributed by atoms with van der Waals surface area (Å²) in [5.41, 5.74) is 0.697. The molecule has 0 radical (unpaired) electrons. The van der Waals surface area contributed by atoms with E-state index in [-0.39, 0.29) is 5.75 Å². The van der Waals surface area contributed by atoms with Crippen LogP contribution in [0.2, 0.25) is 0 Å². The lowest BCUT2D eigenvalue weighted by Crippen LogP contribution is -2.09. The third kappa shape index (κ3) is 3.89. The van der Waals surface area contributed by atoms with Crippen LogP contribution in [0, 0.1) is 0 Å². The Balaban J connectivity index is 2.00. The lowest BCUT2D eigenvalue weighted by Gasteiger charge is -2.20. The zero-order valence-corrected chi connectivity index (χ0v) is 11.2. The molecule has 0 saturated heterocycles. The first-order valence-corrected chi connectivity index (χ1v) is 7.62. The third-order valence-electron chi connectivity index (χ3n) is 3.44. The topological polar surface area (TPSA) is 40.5 Å². The van der Waals surface area contributed by atoms with Crippen molar-refractivity contribution in [3.8, 4) is 11.5 Å². The van der Waals surface area contributed by atoms with Crippen LogP contribution >= 0.6 is 8.58 Å². The molecule has 0 heterocycles. The quantitative estimate of drug-likeness (QED) is 0.624. The molecule has 1 atom stereocenters. The highest BCUT2D eigenvalue weighted by atomic mass is 31.1. The molecule has 1 unspecified atom stereocenters. The highest BCUT2D eigenvalue weighted by Crippen LogP contribution is 2.33. The standard InChI is InChI=1S/C14H21O2P/c15-11-8-9-13(16)14(10-11)17-12-6-4-2-1-3-5-7-12/h8-10,12,15-17H,1-7H2. The van der Waals surface area contributed by atoms with Gasteiger partial charge in [0.05, 0.1) is 0 Å². The molecular weight excluding hydrogens is 231 g/mol. The fraction of sp³-hybridized carbons (Fsp3) is 0.571. The number of phenolic OH excluding ortho intramolecular Hbond substituents is 2. The molecule has 1 aliphatic carbocycles. The molecule has 2 nitrogen and oxygen atoms in total. The number of rotatable bonds is 2. The molecule has 0 amide bonds. The Labute approximate surface area is 105 Å². The van der Waals surface area contributed by atoms with Crippen LogP contribution in [0.4, 0.5) is 0 Å². The highest BCUT2D eigenvalue weighted by molar-refractivity contribution is 7.48. The van der Waals surface area contributed by atoms with Gasteiger partial charge in [-0.25, -0.2) is 0 Å². The van der Waals surface area contributed by atoms with Gasteiger partial charge >= 0.3 is 0 Å². The van der Waals surface area contributed by atoms with Gasteiger partial charge in [-0.05, 0) is 36.7 Å². The SMILES string of the molecule is Oc1ccc(O)c(PC2CCCCCCC2)c1. The van der Waals surface area contributed by atoms with Crippen molar-refractivity contribution in [1.29, 1.82) is 0 Å². The van der Waals surface area contributed by atoms with E-state index >= 15 is 0 Å². The molecule has 0 aliphatic heterocycles. The largest absolute Gasteiger partial charge is 0.508 e. The molecule has 2 N–H and O–H groups in total. The van der Waals surface area contributed by atoms with Gasteiger partial charge in [-0.3, -0.25) is 0 Å². The number of hydrogen-bond acceptors (Lipinski definition) is 2. The minimum Gasteiger partial charge on any atom is -0.508 e. The summed E-state index contributed by atoms with van der Waals surface area (Å²) in [4.78, 5) is 0. The van der Waals surface area contributed by atoms with Crippen LogP contribution in [0.25, 0.3) is 0 Å². The lowest BCUT2D eigenvalue weighted by atomic mass is 10.0. The van der Waals surface area contributed by atoms with Crippen LogP contribution in [-0.2, 0) is 0 Å². The Kier molecular flexibility index (Phi) is 4.67. The summed E-state index contributed by atoms with van der Waals surface area (Å²) in [6.07, 6.45) is 9.27. The number of benzene rings is 1. The van der Waals surface area contributed by atoms with Crippen molar-refractivity contribution in [2.24, 2.45) is 0 Å². The van der Waals surface area contributed by atoms with Crippen molar-refractivity contribution >= 4 is 13.9 Å². The summed E-state index contributed by atoms with van der Waals surface area (Å²) in [6, 6.07) is 4.86. The molecule has 3 heteroatoms. The number of aromatic hydroxyl groups is 2. The lowest BCUT2D eigenvalue weighted by molar-refractivity contribution is 0.463. The monoisotopic (exact) mass is 252 g/mol. The van der Waals surface area contributed by atoms with E-state index < -0.39 is 0 Å². The van der Waals surface area contributed by atoms with Crippen LogP contribution < -0.4 is 5.30 Å². The average Bonchev–Trinajstić information content (AvgIpc) is 2.27. The van der Waals surface area contributed by atoms with E-state index in [1.54, 1.807) is 18.2 Å². The maximum atomic E-state index is 9.79. The molecule has 1 aromatic carbocycles. The Bertz CT molecular complexity index is 357. The van der Waals surface area contributed by atoms with E-state index in [1.165, 1.54) is 44.9 Å². The first kappa shape index (κ1) is 12.7. The van der Waals surface area contributed by atoms with Crippen LogP contribution in [-0.4, -0.2) is 15.9 Å². The van der Waals surface area contributed by atoms with Gasteiger partial charge < -0.3 is 10.2 Å². The predicted octanol–water partition coefficient (Wildman–Crippen LogP) is 3.51. The summed E-state index contributed by atoms with van der Waals surface area (Å²) < 4.78 is 0. The van der Waals surface area contributed by atoms with Crippen LogP contribution in [0.3, 0.4) is 0 Å². The second-order valence-corrected chi connectivity index (χ2v) is 6.53. The van der Waals surface area contributed by atoms with E-state index in [9.17, 15) is 10.2 Å². The summed E-state index contributed by atoms with van der Waals surface area (Å²) in [5.74, 6) is 0.597. The first-order valence-electron chi connectivity index (χ1n) is 6.54. The molecule has 94 valence electrons. The van der Waals surface area contributed by atoms with Crippen LogP contribution in [0.5, 0.6) is 11.5 Å². The van der Waals surface area contributed by atoms with E-state index in [0.717, 1.165) is 5.30 Å². The zero-order chi connectivity index (χ0) is 12.1. The van der Waals surface area contributed by atoms with Crippen LogP contribution in [0.15, 0.2) is 18.2 Å². The van der Waals surface area contributed by atoms with Gasteiger partial charge in [-0.1, -0.05) is 40.7 Å². The maximum Gasteiger partial charge on any atom is 0.123 e. The van der Waals surface area contributed by atoms with Crippen molar-refractivity contribution < 1.29 is 10.2 Å². The second kappa shape index (κ2) is 6.26. The normalized spacial score (nSPS) is 19.3. The Morgan fingerprint density at radius 3 is 2.29 bits per heavy atom. The minimum atomic E-state index is 0.260. The van der Waals surface area contributed by atoms with Gasteiger partial charge in [-0.2, -0.15) is 0 Å². The third-order valence-corrected chi connectivity index (χ3v) is 5.14. The van der Waals surface area contributed by atoms with E-state index in [4.69, 9.17) is 0 Å². The Hall–Kier alpha value is -0.750. The van der Waals surface area contributed by atoms with Gasteiger partial charge in [0, 0.05) is 5.30 Å². The molecule has 1 aromatic rings. The summed E-state index contributed by atoms with van der Waals surface area (Å²) in [5, 5.41) is 20.2. The fourth-order valence-corrected chi connectivity index (χ4v) is 4.06. The summed E-state index contributed by atoms with van der Waals surface area (Å²) in [7, 11) is 0.631. The molecule has 0 bridgehead atoms. The van der Waals surface area contributed by atoms with Gasteiger partial charge in [0.1, 0.15) is 11.5 Å². The van der Waals surface area contributed by atoms with Gasteiger partial charge in [-0.15, -0.1) is 0 Å². The van der Waals surface area contributed by atoms with Gasteiger partial charge in [0.15, 0.2) is 0 Å². The van der Waals surface area contributed by atoms with E-state index in [1.807, 2.05) is 0 Å². The van der Waals surface area contributed by atoms with Crippen LogP contribution in [0.1, 0.15) is 44.9 Å². The second-order valence-electron chi connectivity index (χ2n) is 4.89. The number of phenols is 2. The van der Waals surface area contributed by atoms with Crippen molar-refractivity contribution in [3.63, 3.8) is 0 Å². The number of hydrogen-bond donors (Lipinski definition) is 2. The predicted molar refractivity (Wildman–Crippen MR) is 73.8 cm³/mol. The average molecular weight is 252 g/mol. The molecule has 17 heavy (non-hydrogen) atoms. The molecule has 1 fully saturated rings. The zero-order valence-electron chi connectivity index (χ0n) is 10.2. The van der Waals surface area contributed by atoms with E-state index in [0.29, 0.717) is 20.0 Å². The fourth-order valence-electron chi connectivity index (χ4n) is 2.46. The molecule has 2 rings (SSSR count). The molecule has 0 aromatic heterocycles. The van der Waals surface area contributed by atoms with E-state index in [2.05, 4.69) is 0 Å². The maximum absolute atomic E-state index is 9.79. The smallest absolute Gasteiger partial charge is 0.123 e. The van der Waals surface area contributed by atoms with Crippen molar-refractivity contribution in [3.05, 3.63) is 18.2 Å². The molecule has 1 saturated carbocycles. The van der Waals surface area contributed by atoms with Crippen molar-refractivity contribution in [2.75, 3.05) is 0 Å². The van der Waals surface area contributed by atoms with Gasteiger partial charge in [0.25, 0.3) is 0 Å². The van der Waals surface area contributed by atoms with Crippen molar-refractivity contribution in [1.82, 2.24) is 0 Å².